The number of amides is 1. The second-order valence-electron chi connectivity index (χ2n) is 9.66. The van der Waals surface area contributed by atoms with Gasteiger partial charge >= 0.3 is 6.09 Å². The Morgan fingerprint density at radius 2 is 1.97 bits per heavy atom. The first-order valence-electron chi connectivity index (χ1n) is 12.2. The third kappa shape index (κ3) is 6.79. The minimum absolute atomic E-state index is 0.161. The van der Waals surface area contributed by atoms with Gasteiger partial charge in [-0.2, -0.15) is 0 Å². The van der Waals surface area contributed by atoms with E-state index in [1.165, 1.54) is 0 Å². The number of pyridine rings is 1. The van der Waals surface area contributed by atoms with Gasteiger partial charge in [0.25, 0.3) is 0 Å². The monoisotopic (exact) mass is 494 g/mol. The number of nitrogens with zero attached hydrogens (tertiary/aromatic N) is 4. The normalized spacial score (nSPS) is 16.1. The van der Waals surface area contributed by atoms with Crippen LogP contribution in [0.25, 0.3) is 22.3 Å². The lowest BCUT2D eigenvalue weighted by Gasteiger charge is -2.34. The number of rotatable bonds is 8. The quantitative estimate of drug-likeness (QED) is 0.404. The number of fused-ring (bicyclic) bond motifs is 1. The van der Waals surface area contributed by atoms with Crippen LogP contribution >= 0.6 is 0 Å². The summed E-state index contributed by atoms with van der Waals surface area (Å²) in [7, 11) is 0. The number of hydrogen-bond donors (Lipinski definition) is 3. The number of ether oxygens (including phenoxy) is 2. The number of morpholine rings is 1. The van der Waals surface area contributed by atoms with Crippen molar-refractivity contribution in [3.05, 3.63) is 42.7 Å². The van der Waals surface area contributed by atoms with E-state index in [2.05, 4.69) is 20.6 Å². The maximum atomic E-state index is 12.5. The maximum absolute atomic E-state index is 12.5. The lowest BCUT2D eigenvalue weighted by molar-refractivity contribution is -0.0371. The van der Waals surface area contributed by atoms with Crippen LogP contribution < -0.4 is 10.6 Å². The highest BCUT2D eigenvalue weighted by molar-refractivity contribution is 5.88. The smallest absolute Gasteiger partial charge is 0.410 e. The third-order valence-electron chi connectivity index (χ3n) is 5.59. The first-order chi connectivity index (χ1) is 17.3. The summed E-state index contributed by atoms with van der Waals surface area (Å²) < 4.78 is 11.4. The fourth-order valence-electron chi connectivity index (χ4n) is 3.86. The number of hydrogen-bond acceptors (Lipinski definition) is 9. The minimum Gasteiger partial charge on any atom is -0.444 e. The highest BCUT2D eigenvalue weighted by atomic mass is 16.6. The molecule has 1 atom stereocenters. The second kappa shape index (κ2) is 11.5. The summed E-state index contributed by atoms with van der Waals surface area (Å²) in [6.07, 6.45) is 3.45. The maximum Gasteiger partial charge on any atom is 0.410 e. The summed E-state index contributed by atoms with van der Waals surface area (Å²) in [5.41, 5.74) is 3.56. The van der Waals surface area contributed by atoms with Gasteiger partial charge in [0, 0.05) is 49.9 Å². The molecule has 2 aromatic heterocycles. The fourth-order valence-corrected chi connectivity index (χ4v) is 3.86. The van der Waals surface area contributed by atoms with Gasteiger partial charge in [-0.1, -0.05) is 12.1 Å². The number of aliphatic hydroxyl groups excluding tert-OH is 1. The van der Waals surface area contributed by atoms with Crippen molar-refractivity contribution in [3.8, 4) is 11.3 Å². The van der Waals surface area contributed by atoms with Gasteiger partial charge in [0.15, 0.2) is 5.82 Å². The van der Waals surface area contributed by atoms with Crippen LogP contribution in [0.5, 0.6) is 0 Å². The largest absolute Gasteiger partial charge is 0.444 e. The van der Waals surface area contributed by atoms with Gasteiger partial charge in [-0.05, 0) is 45.4 Å². The fraction of sp³-hybridized carbons (Fsp3) is 0.462. The van der Waals surface area contributed by atoms with Crippen molar-refractivity contribution in [2.24, 2.45) is 0 Å². The second-order valence-corrected chi connectivity index (χ2v) is 9.66. The van der Waals surface area contributed by atoms with Crippen molar-refractivity contribution < 1.29 is 19.4 Å². The summed E-state index contributed by atoms with van der Waals surface area (Å²) in [5.74, 6) is 0.610. The molecule has 1 aliphatic heterocycles. The molecular weight excluding hydrogens is 460 g/mol. The lowest BCUT2D eigenvalue weighted by atomic mass is 10.1. The molecule has 0 spiro atoms. The van der Waals surface area contributed by atoms with Crippen molar-refractivity contribution in [2.75, 3.05) is 50.0 Å². The highest BCUT2D eigenvalue weighted by Crippen LogP contribution is 2.26. The standard InChI is InChI=1S/C26H34N6O4/c1-26(2,3)36-25(34)32-12-14-35-20(17-32)16-30-24-23-22(28-10-11-29-23)15-21(31-24)18-5-7-19(8-6-18)27-9-4-13-33/h5-8,10-11,15,20,27,33H,4,9,12-14,16-17H2,1-3H3,(H,30,31)/t20-/m1/s1. The minimum atomic E-state index is -0.543. The van der Waals surface area contributed by atoms with Gasteiger partial charge in [-0.3, -0.25) is 4.98 Å². The van der Waals surface area contributed by atoms with Crippen LogP contribution in [0.2, 0.25) is 0 Å². The summed E-state index contributed by atoms with van der Waals surface area (Å²) in [5, 5.41) is 15.6. The summed E-state index contributed by atoms with van der Waals surface area (Å²) in [6.45, 7) is 8.27. The molecule has 36 heavy (non-hydrogen) atoms. The predicted octanol–water partition coefficient (Wildman–Crippen LogP) is 3.53. The van der Waals surface area contributed by atoms with Crippen molar-refractivity contribution in [2.45, 2.75) is 38.9 Å². The third-order valence-corrected chi connectivity index (χ3v) is 5.59. The Bertz CT molecular complexity index is 1170. The van der Waals surface area contributed by atoms with E-state index >= 15 is 0 Å². The van der Waals surface area contributed by atoms with E-state index in [1.807, 2.05) is 51.1 Å². The van der Waals surface area contributed by atoms with Crippen LogP contribution in [0, 0.1) is 0 Å². The molecule has 1 saturated heterocycles. The zero-order valence-corrected chi connectivity index (χ0v) is 21.0. The van der Waals surface area contributed by atoms with Crippen LogP contribution in [0.15, 0.2) is 42.7 Å². The van der Waals surface area contributed by atoms with Gasteiger partial charge in [0.05, 0.1) is 30.5 Å². The van der Waals surface area contributed by atoms with Gasteiger partial charge < -0.3 is 30.1 Å². The summed E-state index contributed by atoms with van der Waals surface area (Å²) in [6, 6.07) is 9.90. The molecule has 3 N–H and O–H groups in total. The Hall–Kier alpha value is -3.50. The van der Waals surface area contributed by atoms with E-state index in [-0.39, 0.29) is 18.8 Å². The molecule has 0 saturated carbocycles. The van der Waals surface area contributed by atoms with Gasteiger partial charge in [-0.25, -0.2) is 14.8 Å². The van der Waals surface area contributed by atoms with Crippen molar-refractivity contribution in [1.29, 1.82) is 0 Å². The predicted molar refractivity (Wildman–Crippen MR) is 139 cm³/mol. The van der Waals surface area contributed by atoms with Gasteiger partial charge in [0.2, 0.25) is 0 Å². The van der Waals surface area contributed by atoms with Crippen molar-refractivity contribution >= 4 is 28.6 Å². The number of nitrogens with one attached hydrogen (secondary N) is 2. The van der Waals surface area contributed by atoms with Gasteiger partial charge in [-0.15, -0.1) is 0 Å². The van der Waals surface area contributed by atoms with Crippen molar-refractivity contribution in [1.82, 2.24) is 19.9 Å². The molecule has 1 fully saturated rings. The molecule has 1 aromatic carbocycles. The molecular formula is C26H34N6O4. The van der Waals surface area contributed by atoms with Crippen molar-refractivity contribution in [3.63, 3.8) is 0 Å². The number of carbonyl (C=O) groups is 1. The summed E-state index contributed by atoms with van der Waals surface area (Å²) >= 11 is 0. The first kappa shape index (κ1) is 25.6. The first-order valence-corrected chi connectivity index (χ1v) is 12.2. The van der Waals surface area contributed by atoms with E-state index in [0.29, 0.717) is 50.5 Å². The number of benzene rings is 1. The van der Waals surface area contributed by atoms with E-state index < -0.39 is 5.60 Å². The average Bonchev–Trinajstić information content (AvgIpc) is 2.87. The molecule has 192 valence electrons. The number of aromatic nitrogens is 3. The number of aliphatic hydroxyl groups is 1. The Labute approximate surface area is 211 Å². The molecule has 3 heterocycles. The zero-order valence-electron chi connectivity index (χ0n) is 21.0. The topological polar surface area (TPSA) is 122 Å². The van der Waals surface area contributed by atoms with E-state index in [9.17, 15) is 4.79 Å². The van der Waals surface area contributed by atoms with Crippen LogP contribution in [-0.2, 0) is 9.47 Å². The van der Waals surface area contributed by atoms with E-state index in [4.69, 9.17) is 19.6 Å². The van der Waals surface area contributed by atoms with Gasteiger partial charge in [0.1, 0.15) is 11.1 Å². The molecule has 0 radical (unpaired) electrons. The molecule has 3 aromatic rings. The van der Waals surface area contributed by atoms with Crippen LogP contribution in [0.3, 0.4) is 0 Å². The van der Waals surface area contributed by atoms with E-state index in [1.54, 1.807) is 17.3 Å². The zero-order chi connectivity index (χ0) is 25.5. The summed E-state index contributed by atoms with van der Waals surface area (Å²) in [4.78, 5) is 28.0. The molecule has 10 nitrogen and oxygen atoms in total. The average molecular weight is 495 g/mol. The highest BCUT2D eigenvalue weighted by Gasteiger charge is 2.28. The SMILES string of the molecule is CC(C)(C)OC(=O)N1CCO[C@H](CNc2nc(-c3ccc(NCCCO)cc3)cc3nccnc23)C1. The Kier molecular flexibility index (Phi) is 8.17. The lowest BCUT2D eigenvalue weighted by Crippen LogP contribution is -2.49. The van der Waals surface area contributed by atoms with E-state index in [0.717, 1.165) is 22.5 Å². The Morgan fingerprint density at radius 1 is 1.19 bits per heavy atom. The number of carbonyl (C=O) groups excluding carboxylic acids is 1. The Morgan fingerprint density at radius 3 is 2.72 bits per heavy atom. The van der Waals surface area contributed by atoms with Crippen LogP contribution in [0.1, 0.15) is 27.2 Å². The van der Waals surface area contributed by atoms with Crippen LogP contribution in [-0.4, -0.2) is 82.1 Å². The molecule has 0 bridgehead atoms. The van der Waals surface area contributed by atoms with Crippen LogP contribution in [0.4, 0.5) is 16.3 Å². The number of anilines is 2. The molecule has 0 aliphatic carbocycles. The Balaban J connectivity index is 1.48. The molecule has 1 aliphatic rings. The molecule has 0 unspecified atom stereocenters. The molecule has 1 amide bonds. The molecule has 4 rings (SSSR count). The molecule has 10 heteroatoms.